The Hall–Kier alpha value is -1.03. The molecule has 0 saturated carbocycles. The van der Waals surface area contributed by atoms with E-state index in [-0.39, 0.29) is 0 Å². The Kier molecular flexibility index (Phi) is 3.61. The number of amidine groups is 1. The molecule has 0 amide bonds. The Morgan fingerprint density at radius 1 is 1.47 bits per heavy atom. The molecule has 1 N–H and O–H groups in total. The number of aromatic nitrogens is 1. The van der Waals surface area contributed by atoms with Gasteiger partial charge in [-0.2, -0.15) is 0 Å². The second-order valence-electron chi connectivity index (χ2n) is 3.55. The molecule has 0 bridgehead atoms. The fraction of sp³-hybridized carbons (Fsp3) is 0.455. The van der Waals surface area contributed by atoms with Crippen LogP contribution in [0.15, 0.2) is 23.3 Å². The number of aryl methyl sites for hydroxylation is 1. The lowest BCUT2D eigenvalue weighted by molar-refractivity contribution is 0.875. The first-order valence-electron chi connectivity index (χ1n) is 5.17. The molecule has 1 aliphatic heterocycles. The van der Waals surface area contributed by atoms with Gasteiger partial charge in [-0.25, -0.2) is 0 Å². The van der Waals surface area contributed by atoms with Gasteiger partial charge in [0.2, 0.25) is 0 Å². The van der Waals surface area contributed by atoms with E-state index in [1.807, 2.05) is 19.2 Å². The first-order valence-corrected chi connectivity index (χ1v) is 6.16. The fourth-order valence-corrected chi connectivity index (χ4v) is 2.17. The van der Waals surface area contributed by atoms with Gasteiger partial charge < -0.3 is 5.32 Å². The van der Waals surface area contributed by atoms with E-state index >= 15 is 0 Å². The van der Waals surface area contributed by atoms with E-state index < -0.39 is 0 Å². The zero-order chi connectivity index (χ0) is 10.5. The van der Waals surface area contributed by atoms with E-state index in [9.17, 15) is 0 Å². The normalized spacial score (nSPS) is 15.9. The summed E-state index contributed by atoms with van der Waals surface area (Å²) in [6.07, 6.45) is 3.11. The van der Waals surface area contributed by atoms with E-state index in [1.165, 1.54) is 17.7 Å². The van der Waals surface area contributed by atoms with Crippen molar-refractivity contribution in [2.75, 3.05) is 12.3 Å². The lowest BCUT2D eigenvalue weighted by Crippen LogP contribution is -2.23. The largest absolute Gasteiger partial charge is 0.361 e. The molecule has 0 aromatic carbocycles. The highest BCUT2D eigenvalue weighted by Crippen LogP contribution is 2.10. The Morgan fingerprint density at radius 2 is 2.40 bits per heavy atom. The monoisotopic (exact) mass is 221 g/mol. The molecule has 80 valence electrons. The highest BCUT2D eigenvalue weighted by Gasteiger charge is 2.04. The first kappa shape index (κ1) is 10.5. The van der Waals surface area contributed by atoms with Gasteiger partial charge in [0.1, 0.15) is 0 Å². The molecule has 0 radical (unpaired) electrons. The Labute approximate surface area is 94.4 Å². The van der Waals surface area contributed by atoms with E-state index in [0.29, 0.717) is 0 Å². The summed E-state index contributed by atoms with van der Waals surface area (Å²) in [7, 11) is 0. The van der Waals surface area contributed by atoms with Crippen LogP contribution in [-0.4, -0.2) is 22.4 Å². The van der Waals surface area contributed by atoms with E-state index in [2.05, 4.69) is 21.4 Å². The van der Waals surface area contributed by atoms with Crippen LogP contribution < -0.4 is 5.32 Å². The van der Waals surface area contributed by atoms with Crippen molar-refractivity contribution < 1.29 is 0 Å². The molecule has 0 atom stereocenters. The van der Waals surface area contributed by atoms with Gasteiger partial charge in [0.25, 0.3) is 0 Å². The van der Waals surface area contributed by atoms with Crippen molar-refractivity contribution >= 4 is 16.9 Å². The third kappa shape index (κ3) is 3.23. The van der Waals surface area contributed by atoms with Crippen LogP contribution in [-0.2, 0) is 6.54 Å². The van der Waals surface area contributed by atoms with Gasteiger partial charge in [-0.1, -0.05) is 17.8 Å². The summed E-state index contributed by atoms with van der Waals surface area (Å²) in [6.45, 7) is 3.78. The lowest BCUT2D eigenvalue weighted by Gasteiger charge is -2.12. The van der Waals surface area contributed by atoms with Gasteiger partial charge in [0.15, 0.2) is 5.17 Å². The minimum Gasteiger partial charge on any atom is -0.361 e. The fourth-order valence-electron chi connectivity index (χ4n) is 1.35. The van der Waals surface area contributed by atoms with Crippen molar-refractivity contribution in [3.8, 4) is 0 Å². The summed E-state index contributed by atoms with van der Waals surface area (Å²) in [5, 5.41) is 4.40. The Bertz CT molecular complexity index is 345. The van der Waals surface area contributed by atoms with Gasteiger partial charge in [-0.05, 0) is 25.0 Å². The predicted octanol–water partition coefficient (Wildman–Crippen LogP) is 1.97. The van der Waals surface area contributed by atoms with Crippen LogP contribution in [0.1, 0.15) is 17.7 Å². The molecule has 0 spiro atoms. The van der Waals surface area contributed by atoms with Crippen LogP contribution in [0.3, 0.4) is 0 Å². The van der Waals surface area contributed by atoms with Crippen molar-refractivity contribution in [2.24, 2.45) is 4.99 Å². The number of aliphatic imine (C=N–C) groups is 1. The summed E-state index contributed by atoms with van der Waals surface area (Å²) in [6, 6.07) is 4.14. The summed E-state index contributed by atoms with van der Waals surface area (Å²) in [4.78, 5) is 8.67. The van der Waals surface area contributed by atoms with E-state index in [0.717, 1.165) is 24.0 Å². The third-order valence-electron chi connectivity index (χ3n) is 2.21. The average Bonchev–Trinajstić information content (AvgIpc) is 2.30. The molecule has 0 unspecified atom stereocenters. The van der Waals surface area contributed by atoms with Crippen LogP contribution >= 0.6 is 11.8 Å². The number of pyridine rings is 1. The maximum Gasteiger partial charge on any atom is 0.156 e. The van der Waals surface area contributed by atoms with Gasteiger partial charge in [0.05, 0.1) is 0 Å². The zero-order valence-corrected chi connectivity index (χ0v) is 9.68. The molecule has 2 heterocycles. The molecule has 1 aromatic rings. The smallest absolute Gasteiger partial charge is 0.156 e. The molecular weight excluding hydrogens is 206 g/mol. The Morgan fingerprint density at radius 3 is 3.07 bits per heavy atom. The van der Waals surface area contributed by atoms with Crippen molar-refractivity contribution in [3.63, 3.8) is 0 Å². The molecule has 4 heteroatoms. The summed E-state index contributed by atoms with van der Waals surface area (Å²) >= 11 is 1.80. The molecule has 0 fully saturated rings. The van der Waals surface area contributed by atoms with Gasteiger partial charge >= 0.3 is 0 Å². The summed E-state index contributed by atoms with van der Waals surface area (Å²) in [5.74, 6) is 1.18. The first-order chi connectivity index (χ1) is 7.34. The van der Waals surface area contributed by atoms with Crippen LogP contribution in [0.4, 0.5) is 0 Å². The number of hydrogen-bond donors (Lipinski definition) is 1. The van der Waals surface area contributed by atoms with E-state index in [1.54, 1.807) is 11.8 Å². The van der Waals surface area contributed by atoms with Crippen molar-refractivity contribution in [1.29, 1.82) is 0 Å². The van der Waals surface area contributed by atoms with Crippen molar-refractivity contribution in [3.05, 3.63) is 29.6 Å². The molecule has 0 saturated heterocycles. The molecule has 1 aromatic heterocycles. The number of rotatable bonds is 2. The van der Waals surface area contributed by atoms with Crippen molar-refractivity contribution in [2.45, 2.75) is 19.9 Å². The summed E-state index contributed by atoms with van der Waals surface area (Å²) < 4.78 is 0. The van der Waals surface area contributed by atoms with Crippen LogP contribution in [0.2, 0.25) is 0 Å². The highest BCUT2D eigenvalue weighted by molar-refractivity contribution is 8.13. The van der Waals surface area contributed by atoms with E-state index in [4.69, 9.17) is 0 Å². The zero-order valence-electron chi connectivity index (χ0n) is 8.86. The minimum atomic E-state index is 0.819. The minimum absolute atomic E-state index is 0.819. The Balaban J connectivity index is 1.87. The number of nitrogens with zero attached hydrogens (tertiary/aromatic N) is 2. The SMILES string of the molecule is Cc1ccc(CNC2=NCCCS2)cn1. The maximum atomic E-state index is 4.41. The molecule has 15 heavy (non-hydrogen) atoms. The quantitative estimate of drug-likeness (QED) is 0.829. The molecule has 3 nitrogen and oxygen atoms in total. The lowest BCUT2D eigenvalue weighted by atomic mass is 10.2. The van der Waals surface area contributed by atoms with Crippen LogP contribution in [0.5, 0.6) is 0 Å². The van der Waals surface area contributed by atoms with Gasteiger partial charge in [-0.3, -0.25) is 9.98 Å². The summed E-state index contributed by atoms with van der Waals surface area (Å²) in [5.41, 5.74) is 2.26. The molecule has 0 aliphatic carbocycles. The van der Waals surface area contributed by atoms with Gasteiger partial charge in [-0.15, -0.1) is 0 Å². The number of thioether (sulfide) groups is 1. The average molecular weight is 221 g/mol. The third-order valence-corrected chi connectivity index (χ3v) is 3.25. The van der Waals surface area contributed by atoms with Crippen LogP contribution in [0.25, 0.3) is 0 Å². The number of hydrogen-bond acceptors (Lipinski definition) is 4. The second-order valence-corrected chi connectivity index (χ2v) is 4.63. The molecular formula is C11H15N3S. The standard InChI is InChI=1S/C11H15N3S/c1-9-3-4-10(7-13-9)8-14-11-12-5-2-6-15-11/h3-4,7H,2,5-6,8H2,1H3,(H,12,14). The topological polar surface area (TPSA) is 37.3 Å². The number of nitrogens with one attached hydrogen (secondary N) is 1. The highest BCUT2D eigenvalue weighted by atomic mass is 32.2. The van der Waals surface area contributed by atoms with Gasteiger partial charge in [0, 0.05) is 30.7 Å². The predicted molar refractivity (Wildman–Crippen MR) is 65.2 cm³/mol. The second kappa shape index (κ2) is 5.16. The molecule has 1 aliphatic rings. The van der Waals surface area contributed by atoms with Crippen LogP contribution in [0, 0.1) is 6.92 Å². The molecule has 2 rings (SSSR count). The van der Waals surface area contributed by atoms with Crippen molar-refractivity contribution in [1.82, 2.24) is 10.3 Å². The maximum absolute atomic E-state index is 4.41.